The van der Waals surface area contributed by atoms with Crippen molar-refractivity contribution in [1.82, 2.24) is 35.5 Å². The van der Waals surface area contributed by atoms with E-state index in [9.17, 15) is 84.3 Å². The molecule has 0 aromatic heterocycles. The number of allylic oxidation sites excluding steroid dienone is 6. The maximum absolute atomic E-state index is 15.0. The molecule has 6 heterocycles. The minimum atomic E-state index is -5.08. The van der Waals surface area contributed by atoms with Gasteiger partial charge < -0.3 is 40.8 Å². The Bertz CT molecular complexity index is 7590. The summed E-state index contributed by atoms with van der Waals surface area (Å²) in [5.41, 5.74) is 10.6. The minimum Gasteiger partial charge on any atom is -0.456 e. The summed E-state index contributed by atoms with van der Waals surface area (Å²) < 4.78 is 186. The fourth-order valence-corrected chi connectivity index (χ4v) is 25.4. The van der Waals surface area contributed by atoms with Crippen LogP contribution in [0.5, 0.6) is 0 Å². The molecule has 9 aromatic carbocycles. The standard InChI is InChI=1S/C104H110N10O20S5/c1-6-111-87-43-41-77-81(62-75(136(122,123)124)64-91(77)138(128,129)130)97(87)103(2,3)93(111)34-15-9-16-35-94-104(4,5)98-82-63-76(137(125,126)127)65-92(139(131,132)133)78(82)42-44-88(98)114(94)53-22-10-17-36-95(115)105-51-52-107-101(118)83(108-102(119)84(58-66-24-11-7-12-25-66)109-100(117)69-28-13-8-14-29-69)45-50-106-99(116)70-46-54-110(55-47-70)135(120,121)74-31-23-30-71(59-74)96-79-39-37-72(112-56-48-67-26-18-20-32-85(67)112)60-89(79)134-90-61-73(38-40-80(90)96)113-57-49-68-27-19-21-33-86(68)113/h8-9,13-16,18-21,23,26-35,37-44,59-66,70,83-84H,6-7,10-12,17,22,24-25,36,45-58H2,1-5H3,(H7-2,105,106,107,108,109,115,116,117,118,119,122,123,124,125,126,127,128,129,130,131,132,133)/p+2/t83-,84-/m0/s1. The van der Waals surface area contributed by atoms with Gasteiger partial charge in [-0.05, 0) is 190 Å². The number of benzene rings is 10. The molecule has 139 heavy (non-hydrogen) atoms. The van der Waals surface area contributed by atoms with Crippen molar-refractivity contribution >= 4 is 147 Å². The second-order valence-electron chi connectivity index (χ2n) is 37.5. The summed E-state index contributed by atoms with van der Waals surface area (Å²) in [6.07, 6.45) is 17.4. The molecule has 9 N–H and O–H groups in total. The Morgan fingerprint density at radius 2 is 1.21 bits per heavy atom. The Morgan fingerprint density at radius 1 is 0.540 bits per heavy atom. The number of carbonyl (C=O) groups is 5. The van der Waals surface area contributed by atoms with Gasteiger partial charge in [0.1, 0.15) is 39.8 Å². The number of piperidine rings is 1. The second kappa shape index (κ2) is 39.7. The van der Waals surface area contributed by atoms with Crippen LogP contribution in [0.2, 0.25) is 0 Å². The van der Waals surface area contributed by atoms with Crippen LogP contribution < -0.4 is 46.3 Å². The van der Waals surface area contributed by atoms with Gasteiger partial charge in [0.05, 0.1) is 26.2 Å². The van der Waals surface area contributed by atoms with Crippen molar-refractivity contribution in [3.8, 4) is 22.5 Å². The van der Waals surface area contributed by atoms with E-state index in [1.54, 1.807) is 78.9 Å². The van der Waals surface area contributed by atoms with Crippen LogP contribution in [-0.4, -0.2) is 175 Å². The molecule has 726 valence electrons. The number of fused-ring (bicyclic) bond motifs is 10. The van der Waals surface area contributed by atoms with Crippen molar-refractivity contribution < 1.29 is 93.3 Å². The van der Waals surface area contributed by atoms with Crippen LogP contribution in [0.25, 0.3) is 55.0 Å². The van der Waals surface area contributed by atoms with Crippen molar-refractivity contribution in [2.24, 2.45) is 11.8 Å². The Labute approximate surface area is 808 Å². The van der Waals surface area contributed by atoms with E-state index in [0.29, 0.717) is 107 Å². The molecule has 0 unspecified atom stereocenters. The maximum atomic E-state index is 15.0. The van der Waals surface area contributed by atoms with Gasteiger partial charge in [-0.15, -0.1) is 0 Å². The maximum Gasteiger partial charge on any atom is 0.295 e. The Balaban J connectivity index is 0.552. The minimum absolute atomic E-state index is 0.0148. The van der Waals surface area contributed by atoms with Crippen molar-refractivity contribution in [3.63, 3.8) is 0 Å². The Kier molecular flexibility index (Phi) is 28.0. The summed E-state index contributed by atoms with van der Waals surface area (Å²) in [6, 6.07) is 52.3. The SMILES string of the molecule is CC[N+]1=C(/C=C/C=C/C=C2\N(CCCCCC(=O)NCCNC(=O)[C@H](CCNC(=O)C3CCN(S(=O)(=O)c4cccc(-c5c6ccc(=[N+]7CCc8ccccc87)cc-6oc6cc(N7CCc8ccccc87)ccc56)c4)CC3)NC(=O)[C@H](CC3CCCCC3)NC(=O)c3ccccc3)c3ccc4c(S(=O)(=O)O)cc(S(=O)(=O)O)cc4c3C2(C)C)C(C)(C)c2c1ccc1c(S(=O)(=O)O)cc(S(=O)(=O)O)cc21. The number of hydrogen-bond acceptors (Lipinski definition) is 18. The van der Waals surface area contributed by atoms with Crippen LogP contribution in [0.1, 0.15) is 151 Å². The van der Waals surface area contributed by atoms with E-state index in [0.717, 1.165) is 103 Å². The van der Waals surface area contributed by atoms with E-state index < -0.39 is 117 Å². The third kappa shape index (κ3) is 20.4. The molecule has 6 aliphatic heterocycles. The van der Waals surface area contributed by atoms with Gasteiger partial charge in [-0.2, -0.15) is 47.1 Å². The lowest BCUT2D eigenvalue weighted by Gasteiger charge is -2.31. The molecule has 2 atom stereocenters. The average molecular weight is 1980 g/mol. The topological polar surface area (TPSA) is 426 Å². The highest BCUT2D eigenvalue weighted by atomic mass is 32.2. The first-order valence-electron chi connectivity index (χ1n) is 47.0. The molecule has 35 heteroatoms. The average Bonchev–Trinajstić information content (AvgIpc) is 1.56. The molecule has 0 bridgehead atoms. The van der Waals surface area contributed by atoms with E-state index in [1.165, 1.54) is 33.6 Å². The molecule has 0 radical (unpaired) electrons. The van der Waals surface area contributed by atoms with Gasteiger partial charge in [0.25, 0.3) is 46.4 Å². The number of anilines is 3. The molecule has 5 amide bonds. The highest BCUT2D eigenvalue weighted by Gasteiger charge is 2.47. The van der Waals surface area contributed by atoms with E-state index in [4.69, 9.17) is 4.42 Å². The molecular formula is C104H112N10O20S5+2. The lowest BCUT2D eigenvalue weighted by atomic mass is 9.79. The zero-order chi connectivity index (χ0) is 98.4. The summed E-state index contributed by atoms with van der Waals surface area (Å²) in [5.74, 6) is -2.23. The molecule has 9 aromatic rings. The number of carbonyl (C=O) groups excluding carboxylic acids is 5. The molecule has 1 saturated heterocycles. The first-order chi connectivity index (χ1) is 66.3. The van der Waals surface area contributed by atoms with Gasteiger partial charge in [0.2, 0.25) is 50.4 Å². The molecule has 1 saturated carbocycles. The fourth-order valence-electron chi connectivity index (χ4n) is 21.2. The number of para-hydroxylation sites is 2. The summed E-state index contributed by atoms with van der Waals surface area (Å²) in [6.45, 7) is 11.5. The monoisotopic (exact) mass is 1980 g/mol. The second-order valence-corrected chi connectivity index (χ2v) is 45.1. The summed E-state index contributed by atoms with van der Waals surface area (Å²) in [4.78, 5) is 72.5. The molecule has 8 aliphatic rings. The van der Waals surface area contributed by atoms with Crippen LogP contribution in [-0.2, 0) is 93.3 Å². The number of rotatable bonds is 32. The highest BCUT2D eigenvalue weighted by Crippen LogP contribution is 2.53. The van der Waals surface area contributed by atoms with E-state index in [1.807, 2.05) is 74.4 Å². The zero-order valence-corrected chi connectivity index (χ0v) is 81.7. The molecule has 30 nitrogen and oxygen atoms in total. The van der Waals surface area contributed by atoms with Crippen LogP contribution in [0.15, 0.2) is 253 Å². The first kappa shape index (κ1) is 98.2. The number of unbranched alkanes of at least 4 members (excludes halogenated alkanes) is 2. The van der Waals surface area contributed by atoms with Gasteiger partial charge in [-0.1, -0.05) is 143 Å². The van der Waals surface area contributed by atoms with Gasteiger partial charge in [0.15, 0.2) is 12.3 Å². The largest absolute Gasteiger partial charge is 0.456 e. The van der Waals surface area contributed by atoms with Gasteiger partial charge in [-0.3, -0.25) is 42.2 Å². The quantitative estimate of drug-likeness (QED) is 0.00621. The first-order valence-corrected chi connectivity index (χ1v) is 54.2. The Morgan fingerprint density at radius 3 is 1.91 bits per heavy atom. The van der Waals surface area contributed by atoms with Crippen molar-refractivity contribution in [2.75, 3.05) is 68.7 Å². The summed E-state index contributed by atoms with van der Waals surface area (Å²) in [7, 11) is -24.2. The molecule has 0 spiro atoms. The van der Waals surface area contributed by atoms with Gasteiger partial charge in [0, 0.05) is 167 Å². The van der Waals surface area contributed by atoms with Crippen LogP contribution in [0.4, 0.5) is 28.4 Å². The number of sulfonamides is 1. The summed E-state index contributed by atoms with van der Waals surface area (Å²) in [5, 5.41) is 16.6. The van der Waals surface area contributed by atoms with Crippen LogP contribution in [0, 0.1) is 11.8 Å². The van der Waals surface area contributed by atoms with Crippen molar-refractivity contribution in [3.05, 3.63) is 257 Å². The lowest BCUT2D eigenvalue weighted by Crippen LogP contribution is -2.55. The highest BCUT2D eigenvalue weighted by molar-refractivity contribution is 7.89. The van der Waals surface area contributed by atoms with E-state index >= 15 is 0 Å². The number of hydrogen-bond donors (Lipinski definition) is 9. The summed E-state index contributed by atoms with van der Waals surface area (Å²) >= 11 is 0. The van der Waals surface area contributed by atoms with Crippen LogP contribution >= 0.6 is 0 Å². The molecule has 17 rings (SSSR count). The lowest BCUT2D eigenvalue weighted by molar-refractivity contribution is -0.433. The van der Waals surface area contributed by atoms with Gasteiger partial charge in [-0.25, -0.2) is 8.42 Å². The molecule has 2 aliphatic carbocycles. The number of nitrogens with zero attached hydrogens (tertiary/aromatic N) is 5. The number of nitrogens with one attached hydrogen (secondary N) is 5. The van der Waals surface area contributed by atoms with Gasteiger partial charge >= 0.3 is 0 Å². The van der Waals surface area contributed by atoms with Crippen molar-refractivity contribution in [1.29, 1.82) is 0 Å². The molecular weight excluding hydrogens is 1870 g/mol. The van der Waals surface area contributed by atoms with E-state index in [2.05, 4.69) is 109 Å². The molecule has 2 fully saturated rings. The predicted octanol–water partition coefficient (Wildman–Crippen LogP) is 14.7. The zero-order valence-electron chi connectivity index (χ0n) is 77.7. The fraction of sp³-hybridized carbons (Fsp3) is 0.337. The predicted molar refractivity (Wildman–Crippen MR) is 532 cm³/mol. The third-order valence-corrected chi connectivity index (χ3v) is 33.4. The normalized spacial score (nSPS) is 17.6. The number of amides is 5. The smallest absolute Gasteiger partial charge is 0.295 e. The van der Waals surface area contributed by atoms with Crippen molar-refractivity contribution in [2.45, 2.75) is 178 Å². The van der Waals surface area contributed by atoms with Crippen LogP contribution in [0.3, 0.4) is 0 Å². The third-order valence-electron chi connectivity index (χ3n) is 28.0. The Hall–Kier alpha value is -12.4. The van der Waals surface area contributed by atoms with E-state index in [-0.39, 0.29) is 103 Å².